The Bertz CT molecular complexity index is 339. The predicted octanol–water partition coefficient (Wildman–Crippen LogP) is 1.27. The number of aliphatic carboxylic acids is 1. The summed E-state index contributed by atoms with van der Waals surface area (Å²) in [5.74, 6) is -1.39. The van der Waals surface area contributed by atoms with Crippen LogP contribution in [0.25, 0.3) is 0 Å². The summed E-state index contributed by atoms with van der Waals surface area (Å²) in [5.41, 5.74) is 0.0499. The highest BCUT2D eigenvalue weighted by Crippen LogP contribution is 2.32. The minimum atomic E-state index is -0.867. The number of likely N-dealkylation sites (N-methyl/N-ethyl adjacent to an activating group) is 1. The normalized spacial score (nSPS) is 18.8. The highest BCUT2D eigenvalue weighted by atomic mass is 16.4. The molecule has 1 aliphatic carbocycles. The lowest BCUT2D eigenvalue weighted by Gasteiger charge is -2.36. The van der Waals surface area contributed by atoms with E-state index in [9.17, 15) is 9.59 Å². The molecule has 0 heterocycles. The van der Waals surface area contributed by atoms with Crippen LogP contribution in [0.5, 0.6) is 0 Å². The maximum atomic E-state index is 11.8. The Kier molecular flexibility index (Phi) is 6.26. The van der Waals surface area contributed by atoms with Crippen LogP contribution in [-0.2, 0) is 4.79 Å². The van der Waals surface area contributed by atoms with Crippen molar-refractivity contribution in [1.82, 2.24) is 15.5 Å². The van der Waals surface area contributed by atoms with Crippen molar-refractivity contribution in [1.29, 1.82) is 0 Å². The fourth-order valence-electron chi connectivity index (χ4n) is 2.74. The van der Waals surface area contributed by atoms with Crippen LogP contribution in [-0.4, -0.2) is 54.7 Å². The Morgan fingerprint density at radius 3 is 2.30 bits per heavy atom. The van der Waals surface area contributed by atoms with Crippen LogP contribution in [0.4, 0.5) is 4.79 Å². The topological polar surface area (TPSA) is 81.7 Å². The Balaban J connectivity index is 2.37. The number of hydrogen-bond donors (Lipinski definition) is 3. The van der Waals surface area contributed by atoms with E-state index in [-0.39, 0.29) is 18.1 Å². The first kappa shape index (κ1) is 16.8. The van der Waals surface area contributed by atoms with E-state index in [1.54, 1.807) is 6.92 Å². The molecular weight excluding hydrogens is 258 g/mol. The molecule has 0 radical (unpaired) electrons. The molecule has 6 heteroatoms. The minimum Gasteiger partial charge on any atom is -0.481 e. The zero-order valence-corrected chi connectivity index (χ0v) is 12.7. The maximum absolute atomic E-state index is 11.8. The highest BCUT2D eigenvalue weighted by molar-refractivity contribution is 5.75. The van der Waals surface area contributed by atoms with Crippen molar-refractivity contribution in [2.24, 2.45) is 5.92 Å². The van der Waals surface area contributed by atoms with Gasteiger partial charge in [0.15, 0.2) is 0 Å². The molecule has 116 valence electrons. The summed E-state index contributed by atoms with van der Waals surface area (Å²) in [6.07, 6.45) is 5.08. The van der Waals surface area contributed by atoms with Crippen molar-refractivity contribution in [3.8, 4) is 0 Å². The van der Waals surface area contributed by atoms with Gasteiger partial charge < -0.3 is 20.6 Å². The molecule has 2 amide bonds. The van der Waals surface area contributed by atoms with Crippen molar-refractivity contribution in [3.05, 3.63) is 0 Å². The number of nitrogens with zero attached hydrogens (tertiary/aromatic N) is 1. The van der Waals surface area contributed by atoms with E-state index in [0.717, 1.165) is 12.8 Å². The summed E-state index contributed by atoms with van der Waals surface area (Å²) in [6.45, 7) is 2.58. The van der Waals surface area contributed by atoms with Gasteiger partial charge in [-0.2, -0.15) is 0 Å². The molecule has 0 bridgehead atoms. The first-order valence-electron chi connectivity index (χ1n) is 7.33. The predicted molar refractivity (Wildman–Crippen MR) is 77.7 cm³/mol. The highest BCUT2D eigenvalue weighted by Gasteiger charge is 2.36. The summed E-state index contributed by atoms with van der Waals surface area (Å²) in [4.78, 5) is 24.8. The number of amides is 2. The minimum absolute atomic E-state index is 0.0499. The zero-order valence-electron chi connectivity index (χ0n) is 12.7. The Labute approximate surface area is 120 Å². The molecule has 0 saturated heterocycles. The second-order valence-corrected chi connectivity index (χ2v) is 5.83. The smallest absolute Gasteiger partial charge is 0.314 e. The zero-order chi connectivity index (χ0) is 15.2. The number of urea groups is 1. The number of hydrogen-bond acceptors (Lipinski definition) is 3. The lowest BCUT2D eigenvalue weighted by Crippen LogP contribution is -2.53. The molecule has 20 heavy (non-hydrogen) atoms. The van der Waals surface area contributed by atoms with Gasteiger partial charge in [0, 0.05) is 18.6 Å². The molecule has 1 fully saturated rings. The van der Waals surface area contributed by atoms with Gasteiger partial charge in [0.25, 0.3) is 0 Å². The van der Waals surface area contributed by atoms with E-state index in [1.807, 2.05) is 14.1 Å². The SMILES string of the molecule is CCC(CNC(=O)NCC1(N(C)C)CCCC1)C(=O)O. The van der Waals surface area contributed by atoms with Crippen molar-refractivity contribution in [3.63, 3.8) is 0 Å². The third-order valence-electron chi connectivity index (χ3n) is 4.41. The maximum Gasteiger partial charge on any atom is 0.314 e. The monoisotopic (exact) mass is 285 g/mol. The van der Waals surface area contributed by atoms with Gasteiger partial charge in [-0.05, 0) is 33.4 Å². The van der Waals surface area contributed by atoms with E-state index >= 15 is 0 Å². The third-order valence-corrected chi connectivity index (χ3v) is 4.41. The summed E-state index contributed by atoms with van der Waals surface area (Å²) in [5, 5.41) is 14.5. The Morgan fingerprint density at radius 2 is 1.85 bits per heavy atom. The Hall–Kier alpha value is -1.30. The van der Waals surface area contributed by atoms with Crippen molar-refractivity contribution < 1.29 is 14.7 Å². The molecule has 3 N–H and O–H groups in total. The molecule has 1 saturated carbocycles. The van der Waals surface area contributed by atoms with Gasteiger partial charge in [-0.15, -0.1) is 0 Å². The second-order valence-electron chi connectivity index (χ2n) is 5.83. The summed E-state index contributed by atoms with van der Waals surface area (Å²) >= 11 is 0. The molecule has 0 spiro atoms. The van der Waals surface area contributed by atoms with Crippen molar-refractivity contribution in [2.45, 2.75) is 44.6 Å². The van der Waals surface area contributed by atoms with E-state index < -0.39 is 11.9 Å². The van der Waals surface area contributed by atoms with Crippen LogP contribution in [0, 0.1) is 5.92 Å². The molecule has 1 aliphatic rings. The first-order chi connectivity index (χ1) is 9.41. The van der Waals surface area contributed by atoms with Crippen LogP contribution >= 0.6 is 0 Å². The van der Waals surface area contributed by atoms with Gasteiger partial charge in [0.2, 0.25) is 0 Å². The molecule has 0 aliphatic heterocycles. The number of carboxylic acid groups (broad SMARTS) is 1. The Morgan fingerprint density at radius 1 is 1.25 bits per heavy atom. The average molecular weight is 285 g/mol. The summed E-state index contributed by atoms with van der Waals surface area (Å²) in [7, 11) is 4.09. The average Bonchev–Trinajstić information content (AvgIpc) is 2.86. The molecule has 0 aromatic carbocycles. The van der Waals surface area contributed by atoms with Crippen LogP contribution in [0.2, 0.25) is 0 Å². The van der Waals surface area contributed by atoms with E-state index in [1.165, 1.54) is 12.8 Å². The number of carboxylic acids is 1. The van der Waals surface area contributed by atoms with Gasteiger partial charge in [0.05, 0.1) is 5.92 Å². The quantitative estimate of drug-likeness (QED) is 0.658. The number of carbonyl (C=O) groups excluding carboxylic acids is 1. The lowest BCUT2D eigenvalue weighted by atomic mass is 9.96. The molecule has 1 rings (SSSR count). The molecule has 0 aromatic heterocycles. The molecule has 6 nitrogen and oxygen atoms in total. The van der Waals surface area contributed by atoms with Crippen molar-refractivity contribution in [2.75, 3.05) is 27.2 Å². The molecule has 1 atom stereocenters. The second kappa shape index (κ2) is 7.47. The van der Waals surface area contributed by atoms with Gasteiger partial charge in [-0.1, -0.05) is 19.8 Å². The van der Waals surface area contributed by atoms with E-state index in [2.05, 4.69) is 15.5 Å². The van der Waals surface area contributed by atoms with Crippen LogP contribution in [0.1, 0.15) is 39.0 Å². The largest absolute Gasteiger partial charge is 0.481 e. The van der Waals surface area contributed by atoms with Crippen LogP contribution in [0.3, 0.4) is 0 Å². The van der Waals surface area contributed by atoms with Crippen LogP contribution < -0.4 is 10.6 Å². The van der Waals surface area contributed by atoms with Gasteiger partial charge in [-0.25, -0.2) is 4.79 Å². The number of nitrogens with one attached hydrogen (secondary N) is 2. The molecule has 1 unspecified atom stereocenters. The third kappa shape index (κ3) is 4.37. The number of rotatable bonds is 7. The van der Waals surface area contributed by atoms with Crippen molar-refractivity contribution >= 4 is 12.0 Å². The van der Waals surface area contributed by atoms with Gasteiger partial charge in [0.1, 0.15) is 0 Å². The van der Waals surface area contributed by atoms with Gasteiger partial charge >= 0.3 is 12.0 Å². The molecular formula is C14H27N3O3. The lowest BCUT2D eigenvalue weighted by molar-refractivity contribution is -0.141. The first-order valence-corrected chi connectivity index (χ1v) is 7.33. The standard InChI is InChI=1S/C14H27N3O3/c1-4-11(12(18)19)9-15-13(20)16-10-14(17(2)3)7-5-6-8-14/h11H,4-10H2,1-3H3,(H,18,19)(H2,15,16,20). The summed E-state index contributed by atoms with van der Waals surface area (Å²) < 4.78 is 0. The summed E-state index contributed by atoms with van der Waals surface area (Å²) in [6, 6.07) is -0.280. The number of carbonyl (C=O) groups is 2. The molecule has 0 aromatic rings. The fraction of sp³-hybridized carbons (Fsp3) is 0.857. The van der Waals surface area contributed by atoms with E-state index in [0.29, 0.717) is 13.0 Å². The van der Waals surface area contributed by atoms with Gasteiger partial charge in [-0.3, -0.25) is 4.79 Å². The van der Waals surface area contributed by atoms with E-state index in [4.69, 9.17) is 5.11 Å². The van der Waals surface area contributed by atoms with Crippen LogP contribution in [0.15, 0.2) is 0 Å². The fourth-order valence-corrected chi connectivity index (χ4v) is 2.74.